The van der Waals surface area contributed by atoms with Crippen LogP contribution in [0.1, 0.15) is 55.4 Å². The normalized spacial score (nSPS) is 14.8. The van der Waals surface area contributed by atoms with Gasteiger partial charge in [-0.1, -0.05) is 0 Å². The van der Waals surface area contributed by atoms with E-state index in [1.807, 2.05) is 27.7 Å². The van der Waals surface area contributed by atoms with Crippen molar-refractivity contribution in [2.24, 2.45) is 0 Å². The van der Waals surface area contributed by atoms with Gasteiger partial charge in [-0.25, -0.2) is 0 Å². The third-order valence-corrected chi connectivity index (χ3v) is 9.05. The molecule has 0 aliphatic rings. The summed E-state index contributed by atoms with van der Waals surface area (Å²) in [7, 11) is 28.9. The largest absolute Gasteiger partial charge is 4.00 e. The molecule has 0 bridgehead atoms. The van der Waals surface area contributed by atoms with Crippen molar-refractivity contribution in [3.63, 3.8) is 0 Å². The molecule has 0 heterocycles. The van der Waals surface area contributed by atoms with Crippen molar-refractivity contribution in [3.05, 3.63) is 0 Å². The van der Waals surface area contributed by atoms with Crippen LogP contribution >= 0.6 is 0 Å². The molecule has 4 atom stereocenters. The van der Waals surface area contributed by atoms with Crippen LogP contribution in [-0.2, 0) is 59.6 Å². The first-order valence-corrected chi connectivity index (χ1v) is 20.8. The van der Waals surface area contributed by atoms with Crippen LogP contribution in [0.5, 0.6) is 0 Å². The first-order chi connectivity index (χ1) is 27.7. The SMILES string of the molecule is CCOC([O-])C(OCC)(N(C)C)N(C)C.CCOC([O-])C(OCC)(N(C)C)N(C)C.CCOC([O-])C(OCC)(N(C)C)N(C)C.CCOC([O-])C(OCC)(N(C)C)N(C)C.[Ti+4]. The molecule has 0 saturated carbocycles. The van der Waals surface area contributed by atoms with Crippen molar-refractivity contribution in [2.75, 3.05) is 166 Å². The summed E-state index contributed by atoms with van der Waals surface area (Å²) in [4.78, 5) is 13.9. The van der Waals surface area contributed by atoms with Crippen LogP contribution in [0.2, 0.25) is 0 Å². The molecule has 0 aromatic rings. The molecule has 0 amide bonds. The van der Waals surface area contributed by atoms with Gasteiger partial charge in [0.2, 0.25) is 0 Å². The Hall–Kier alpha value is -0.0857. The zero-order valence-electron chi connectivity index (χ0n) is 42.9. The summed E-state index contributed by atoms with van der Waals surface area (Å²) in [6.45, 7) is 18.0. The van der Waals surface area contributed by atoms with Crippen LogP contribution in [0, 0.1) is 0 Å². The molecular formula is C40H92N8O12Ti. The van der Waals surface area contributed by atoms with Gasteiger partial charge in [0, 0.05) is 78.0 Å². The number of hydrogen-bond acceptors (Lipinski definition) is 20. The molecule has 0 N–H and O–H groups in total. The van der Waals surface area contributed by atoms with Gasteiger partial charge in [-0.3, -0.25) is 39.2 Å². The zero-order chi connectivity index (χ0) is 48.2. The Morgan fingerprint density at radius 2 is 0.393 bits per heavy atom. The molecule has 0 radical (unpaired) electrons. The summed E-state index contributed by atoms with van der Waals surface area (Å²) in [5.74, 6) is -4.20. The van der Waals surface area contributed by atoms with E-state index in [0.29, 0.717) is 52.9 Å². The molecule has 21 heteroatoms. The molecular weight excluding hydrogens is 832 g/mol. The second-order valence-corrected chi connectivity index (χ2v) is 14.7. The van der Waals surface area contributed by atoms with Crippen LogP contribution < -0.4 is 20.4 Å². The Kier molecular flexibility index (Phi) is 41.4. The Bertz CT molecular complexity index is 824. The van der Waals surface area contributed by atoms with Crippen molar-refractivity contribution in [1.82, 2.24) is 39.2 Å². The van der Waals surface area contributed by atoms with E-state index in [1.165, 1.54) is 0 Å². The summed E-state index contributed by atoms with van der Waals surface area (Å²) in [6.07, 6.45) is -5.03. The first-order valence-electron chi connectivity index (χ1n) is 20.8. The molecule has 0 spiro atoms. The van der Waals surface area contributed by atoms with Crippen LogP contribution in [-0.4, -0.2) is 253 Å². The van der Waals surface area contributed by atoms with Gasteiger partial charge in [0.15, 0.2) is 23.4 Å². The number of rotatable bonds is 28. The van der Waals surface area contributed by atoms with Gasteiger partial charge >= 0.3 is 21.7 Å². The van der Waals surface area contributed by atoms with Crippen molar-refractivity contribution in [2.45, 2.75) is 104 Å². The minimum absolute atomic E-state index is 0. The van der Waals surface area contributed by atoms with Gasteiger partial charge in [-0.2, -0.15) is 0 Å². The maximum Gasteiger partial charge on any atom is 4.00 e. The van der Waals surface area contributed by atoms with Gasteiger partial charge in [0.25, 0.3) is 0 Å². The Morgan fingerprint density at radius 3 is 0.459 bits per heavy atom. The molecule has 0 aliphatic carbocycles. The summed E-state index contributed by atoms with van der Waals surface area (Å²) >= 11 is 0. The van der Waals surface area contributed by atoms with E-state index < -0.39 is 48.6 Å². The Balaban J connectivity index is -0.000000227. The van der Waals surface area contributed by atoms with E-state index in [1.54, 1.807) is 180 Å². The summed E-state index contributed by atoms with van der Waals surface area (Å²) in [5, 5.41) is 48.0. The molecule has 20 nitrogen and oxygen atoms in total. The number of hydrogen-bond donors (Lipinski definition) is 0. The Labute approximate surface area is 387 Å². The minimum atomic E-state index is -1.26. The van der Waals surface area contributed by atoms with Gasteiger partial charge in [-0.15, -0.1) is 0 Å². The maximum atomic E-state index is 12.0. The van der Waals surface area contributed by atoms with E-state index in [4.69, 9.17) is 37.9 Å². The first kappa shape index (κ1) is 69.9. The molecule has 0 aromatic heterocycles. The van der Waals surface area contributed by atoms with E-state index in [9.17, 15) is 20.4 Å². The fourth-order valence-corrected chi connectivity index (χ4v) is 6.48. The topological polar surface area (TPSA) is 192 Å². The predicted molar refractivity (Wildman–Crippen MR) is 229 cm³/mol. The smallest absolute Gasteiger partial charge is 0.827 e. The molecule has 0 aromatic carbocycles. The quantitative estimate of drug-likeness (QED) is 0.0623. The second-order valence-electron chi connectivity index (χ2n) is 14.7. The number of nitrogens with zero attached hydrogens (tertiary/aromatic N) is 8. The van der Waals surface area contributed by atoms with Gasteiger partial charge in [0.1, 0.15) is 0 Å². The van der Waals surface area contributed by atoms with Crippen molar-refractivity contribution < 1.29 is 80.0 Å². The van der Waals surface area contributed by atoms with Crippen LogP contribution in [0.25, 0.3) is 0 Å². The average molecular weight is 925 g/mol. The van der Waals surface area contributed by atoms with E-state index in [2.05, 4.69) is 0 Å². The summed E-state index contributed by atoms with van der Waals surface area (Å²) in [6, 6.07) is 0. The van der Waals surface area contributed by atoms with E-state index in [-0.39, 0.29) is 21.7 Å². The average Bonchev–Trinajstić information content (AvgIpc) is 3.13. The van der Waals surface area contributed by atoms with Gasteiger partial charge in [-0.05, 0) is 168 Å². The molecule has 61 heavy (non-hydrogen) atoms. The summed E-state index contributed by atoms with van der Waals surface area (Å²) in [5.41, 5.74) is 0. The monoisotopic (exact) mass is 925 g/mol. The van der Waals surface area contributed by atoms with Crippen molar-refractivity contribution >= 4 is 0 Å². The third kappa shape index (κ3) is 20.1. The number of likely N-dealkylation sites (N-methyl/N-ethyl adjacent to an activating group) is 8. The molecule has 4 unspecified atom stereocenters. The van der Waals surface area contributed by atoms with E-state index >= 15 is 0 Å². The zero-order valence-corrected chi connectivity index (χ0v) is 44.5. The molecule has 0 rings (SSSR count). The third-order valence-electron chi connectivity index (χ3n) is 9.05. The summed E-state index contributed by atoms with van der Waals surface area (Å²) < 4.78 is 42.8. The minimum Gasteiger partial charge on any atom is -0.827 e. The fourth-order valence-electron chi connectivity index (χ4n) is 6.48. The van der Waals surface area contributed by atoms with Gasteiger partial charge in [0.05, 0.1) is 0 Å². The molecule has 0 aliphatic heterocycles. The molecule has 0 saturated heterocycles. The standard InChI is InChI=1S/4C10H23N2O3.Ti/c4*1-7-14-9(13)10(11(3)4,12(5)6)15-8-2;/h4*9H,7-8H2,1-6H3;/q4*-1;+4. The maximum absolute atomic E-state index is 12.0. The molecule has 0 fully saturated rings. The van der Waals surface area contributed by atoms with Crippen molar-refractivity contribution in [3.8, 4) is 0 Å². The fraction of sp³-hybridized carbons (Fsp3) is 1.00. The second kappa shape index (κ2) is 36.1. The van der Waals surface area contributed by atoms with Crippen molar-refractivity contribution in [1.29, 1.82) is 0 Å². The number of ether oxygens (including phenoxy) is 8. The van der Waals surface area contributed by atoms with Crippen LogP contribution in [0.15, 0.2) is 0 Å². The van der Waals surface area contributed by atoms with Gasteiger partial charge < -0.3 is 58.3 Å². The predicted octanol–water partition coefficient (Wildman–Crippen LogP) is -1.91. The van der Waals surface area contributed by atoms with E-state index in [0.717, 1.165) is 0 Å². The van der Waals surface area contributed by atoms with Crippen LogP contribution in [0.3, 0.4) is 0 Å². The van der Waals surface area contributed by atoms with Crippen LogP contribution in [0.4, 0.5) is 0 Å². The Morgan fingerprint density at radius 1 is 0.279 bits per heavy atom. The molecule has 368 valence electrons.